The van der Waals surface area contributed by atoms with Crippen LogP contribution in [0, 0.1) is 0 Å². The molecule has 144 valence electrons. The van der Waals surface area contributed by atoms with Crippen LogP contribution in [0.25, 0.3) is 0 Å². The van der Waals surface area contributed by atoms with Gasteiger partial charge in [-0.25, -0.2) is 4.79 Å². The SMILES string of the molecule is O=C1CCCCCCCN(C(=O)Oc2cccc(C(F)(F)F)c2)CCO1. The van der Waals surface area contributed by atoms with E-state index in [-0.39, 0.29) is 24.9 Å². The summed E-state index contributed by atoms with van der Waals surface area (Å²) >= 11 is 0. The highest BCUT2D eigenvalue weighted by atomic mass is 19.4. The quantitative estimate of drug-likeness (QED) is 0.685. The van der Waals surface area contributed by atoms with E-state index in [9.17, 15) is 22.8 Å². The highest BCUT2D eigenvalue weighted by Crippen LogP contribution is 2.31. The van der Waals surface area contributed by atoms with Crippen molar-refractivity contribution >= 4 is 12.1 Å². The van der Waals surface area contributed by atoms with E-state index in [0.29, 0.717) is 13.0 Å². The molecule has 0 spiro atoms. The molecule has 0 aromatic heterocycles. The number of ether oxygens (including phenoxy) is 2. The van der Waals surface area contributed by atoms with Gasteiger partial charge in [-0.1, -0.05) is 25.3 Å². The van der Waals surface area contributed by atoms with Crippen molar-refractivity contribution in [3.05, 3.63) is 29.8 Å². The minimum Gasteiger partial charge on any atom is -0.464 e. The number of rotatable bonds is 1. The number of amides is 1. The number of carbonyl (C=O) groups excluding carboxylic acids is 2. The van der Waals surface area contributed by atoms with Gasteiger partial charge in [-0.2, -0.15) is 13.2 Å². The van der Waals surface area contributed by atoms with E-state index in [1.165, 1.54) is 17.0 Å². The van der Waals surface area contributed by atoms with E-state index in [4.69, 9.17) is 9.47 Å². The largest absolute Gasteiger partial charge is 0.464 e. The second kappa shape index (κ2) is 9.45. The normalized spacial score (nSPS) is 17.7. The number of alkyl halides is 3. The molecule has 0 N–H and O–H groups in total. The van der Waals surface area contributed by atoms with Gasteiger partial charge in [-0.05, 0) is 31.0 Å². The molecule has 1 amide bonds. The summed E-state index contributed by atoms with van der Waals surface area (Å²) in [6, 6.07) is 4.18. The van der Waals surface area contributed by atoms with E-state index in [1.54, 1.807) is 0 Å². The van der Waals surface area contributed by atoms with Crippen LogP contribution in [0.3, 0.4) is 0 Å². The Labute approximate surface area is 150 Å². The molecule has 0 bridgehead atoms. The first kappa shape index (κ1) is 20.1. The van der Waals surface area contributed by atoms with Crippen molar-refractivity contribution in [1.29, 1.82) is 0 Å². The number of esters is 1. The molecule has 1 fully saturated rings. The summed E-state index contributed by atoms with van der Waals surface area (Å²) in [4.78, 5) is 25.2. The Morgan fingerprint density at radius 3 is 2.58 bits per heavy atom. The van der Waals surface area contributed by atoms with Gasteiger partial charge in [0.2, 0.25) is 0 Å². The third-order valence-electron chi connectivity index (χ3n) is 4.06. The number of carbonyl (C=O) groups is 2. The van der Waals surface area contributed by atoms with Gasteiger partial charge in [0.25, 0.3) is 0 Å². The third-order valence-corrected chi connectivity index (χ3v) is 4.06. The van der Waals surface area contributed by atoms with Crippen molar-refractivity contribution in [2.24, 2.45) is 0 Å². The maximum absolute atomic E-state index is 12.8. The first-order chi connectivity index (χ1) is 12.4. The fourth-order valence-electron chi connectivity index (χ4n) is 2.64. The van der Waals surface area contributed by atoms with E-state index in [1.807, 2.05) is 0 Å². The number of hydrogen-bond donors (Lipinski definition) is 0. The second-order valence-electron chi connectivity index (χ2n) is 6.12. The zero-order valence-electron chi connectivity index (χ0n) is 14.4. The van der Waals surface area contributed by atoms with Gasteiger partial charge < -0.3 is 14.4 Å². The van der Waals surface area contributed by atoms with Crippen LogP contribution in [-0.2, 0) is 15.7 Å². The van der Waals surface area contributed by atoms with Gasteiger partial charge in [0.1, 0.15) is 12.4 Å². The summed E-state index contributed by atoms with van der Waals surface area (Å²) in [6.07, 6.45) is -0.585. The van der Waals surface area contributed by atoms with Crippen LogP contribution in [-0.4, -0.2) is 36.7 Å². The molecule has 1 aromatic rings. The Morgan fingerprint density at radius 2 is 1.81 bits per heavy atom. The van der Waals surface area contributed by atoms with Crippen molar-refractivity contribution in [1.82, 2.24) is 4.90 Å². The van der Waals surface area contributed by atoms with E-state index in [0.717, 1.165) is 44.2 Å². The smallest absolute Gasteiger partial charge is 0.416 e. The molecule has 1 aromatic carbocycles. The first-order valence-corrected chi connectivity index (χ1v) is 8.66. The highest BCUT2D eigenvalue weighted by Gasteiger charge is 2.31. The van der Waals surface area contributed by atoms with Crippen LogP contribution >= 0.6 is 0 Å². The summed E-state index contributed by atoms with van der Waals surface area (Å²) in [5.74, 6) is -0.482. The molecule has 1 aliphatic rings. The van der Waals surface area contributed by atoms with Gasteiger partial charge in [-0.3, -0.25) is 4.79 Å². The van der Waals surface area contributed by atoms with Crippen molar-refractivity contribution in [3.8, 4) is 5.75 Å². The fourth-order valence-corrected chi connectivity index (χ4v) is 2.64. The molecule has 0 radical (unpaired) electrons. The maximum atomic E-state index is 12.8. The highest BCUT2D eigenvalue weighted by molar-refractivity contribution is 5.71. The molecule has 8 heteroatoms. The average molecular weight is 373 g/mol. The topological polar surface area (TPSA) is 55.8 Å². The predicted octanol–water partition coefficient (Wildman–Crippen LogP) is 4.40. The number of benzene rings is 1. The van der Waals surface area contributed by atoms with Crippen LogP contribution in [0.4, 0.5) is 18.0 Å². The average Bonchev–Trinajstić information content (AvgIpc) is 2.57. The summed E-state index contributed by atoms with van der Waals surface area (Å²) in [6.45, 7) is 0.579. The van der Waals surface area contributed by atoms with Gasteiger partial charge in [0.05, 0.1) is 12.1 Å². The molecular formula is C18H22F3NO4. The second-order valence-corrected chi connectivity index (χ2v) is 6.12. The van der Waals surface area contributed by atoms with E-state index >= 15 is 0 Å². The Bertz CT molecular complexity index is 619. The van der Waals surface area contributed by atoms with Crippen LogP contribution in [0.5, 0.6) is 5.75 Å². The van der Waals surface area contributed by atoms with E-state index < -0.39 is 17.8 Å². The van der Waals surface area contributed by atoms with E-state index in [2.05, 4.69) is 0 Å². The molecule has 0 saturated carbocycles. The molecule has 1 aliphatic heterocycles. The van der Waals surface area contributed by atoms with Crippen LogP contribution < -0.4 is 4.74 Å². The summed E-state index contributed by atoms with van der Waals surface area (Å²) in [5, 5.41) is 0. The zero-order valence-corrected chi connectivity index (χ0v) is 14.4. The third kappa shape index (κ3) is 6.57. The van der Waals surface area contributed by atoms with Crippen molar-refractivity contribution in [3.63, 3.8) is 0 Å². The first-order valence-electron chi connectivity index (χ1n) is 8.66. The Morgan fingerprint density at radius 1 is 1.08 bits per heavy atom. The number of hydrogen-bond acceptors (Lipinski definition) is 4. The maximum Gasteiger partial charge on any atom is 0.416 e. The summed E-state index contributed by atoms with van der Waals surface area (Å²) < 4.78 is 48.4. The van der Waals surface area contributed by atoms with Crippen LogP contribution in [0.1, 0.15) is 44.1 Å². The monoisotopic (exact) mass is 373 g/mol. The van der Waals surface area contributed by atoms with Crippen molar-refractivity contribution in [2.45, 2.75) is 44.7 Å². The van der Waals surface area contributed by atoms with Crippen LogP contribution in [0.2, 0.25) is 0 Å². The minimum absolute atomic E-state index is 0.0382. The molecule has 2 rings (SSSR count). The summed E-state index contributed by atoms with van der Waals surface area (Å²) in [7, 11) is 0. The molecule has 1 heterocycles. The Balaban J connectivity index is 1.99. The number of nitrogens with zero attached hydrogens (tertiary/aromatic N) is 1. The van der Waals surface area contributed by atoms with Crippen molar-refractivity contribution < 1.29 is 32.2 Å². The number of cyclic esters (lactones) is 1. The van der Waals surface area contributed by atoms with Crippen LogP contribution in [0.15, 0.2) is 24.3 Å². The summed E-state index contributed by atoms with van der Waals surface area (Å²) in [5.41, 5.74) is -0.884. The van der Waals surface area contributed by atoms with Gasteiger partial charge >= 0.3 is 18.2 Å². The van der Waals surface area contributed by atoms with Gasteiger partial charge in [-0.15, -0.1) is 0 Å². The number of halogens is 3. The molecular weight excluding hydrogens is 351 g/mol. The Kier molecular flexibility index (Phi) is 7.29. The lowest BCUT2D eigenvalue weighted by molar-refractivity contribution is -0.144. The minimum atomic E-state index is -4.51. The standard InChI is InChI=1S/C18H22F3NO4/c19-18(20,21)14-7-6-8-15(13-14)26-17(24)22-10-5-3-1-2-4-9-16(23)25-12-11-22/h6-8,13H,1-5,9-12H2. The Hall–Kier alpha value is -2.25. The molecule has 1 saturated heterocycles. The molecule has 5 nitrogen and oxygen atoms in total. The fraction of sp³-hybridized carbons (Fsp3) is 0.556. The molecule has 0 aliphatic carbocycles. The lowest BCUT2D eigenvalue weighted by Gasteiger charge is -2.22. The van der Waals surface area contributed by atoms with Gasteiger partial charge in [0.15, 0.2) is 0 Å². The molecule has 0 atom stereocenters. The lowest BCUT2D eigenvalue weighted by atomic mass is 10.1. The zero-order chi connectivity index (χ0) is 19.0. The molecule has 0 unspecified atom stereocenters. The predicted molar refractivity (Wildman–Crippen MR) is 87.7 cm³/mol. The lowest BCUT2D eigenvalue weighted by Crippen LogP contribution is -2.37. The van der Waals surface area contributed by atoms with Crippen molar-refractivity contribution in [2.75, 3.05) is 19.7 Å². The van der Waals surface area contributed by atoms with Gasteiger partial charge in [0, 0.05) is 13.0 Å². The molecule has 26 heavy (non-hydrogen) atoms.